The van der Waals surface area contributed by atoms with Crippen LogP contribution >= 0.6 is 0 Å². The van der Waals surface area contributed by atoms with Crippen molar-refractivity contribution >= 4 is 32.5 Å². The molecule has 1 heterocycles. The van der Waals surface area contributed by atoms with E-state index in [-0.39, 0.29) is 4.90 Å². The number of nitrogens with zero attached hydrogens (tertiary/aromatic N) is 2. The van der Waals surface area contributed by atoms with Crippen molar-refractivity contribution in [3.8, 4) is 0 Å². The summed E-state index contributed by atoms with van der Waals surface area (Å²) < 4.78 is 25.1. The summed E-state index contributed by atoms with van der Waals surface area (Å²) in [4.78, 5) is 4.79. The van der Waals surface area contributed by atoms with E-state index >= 15 is 0 Å². The lowest BCUT2D eigenvalue weighted by atomic mass is 10.3. The van der Waals surface area contributed by atoms with Crippen molar-refractivity contribution in [3.63, 3.8) is 0 Å². The molecule has 3 rings (SSSR count). The first-order valence-electron chi connectivity index (χ1n) is 6.44. The molecule has 0 amide bonds. The minimum absolute atomic E-state index is 0.284. The third-order valence-electron chi connectivity index (χ3n) is 3.31. The van der Waals surface area contributed by atoms with Gasteiger partial charge in [-0.1, -0.05) is 18.2 Å². The van der Waals surface area contributed by atoms with Crippen LogP contribution in [0.4, 0.5) is 11.6 Å². The number of rotatable bonds is 3. The van der Waals surface area contributed by atoms with Crippen LogP contribution in [0, 0.1) is 0 Å². The molecule has 1 aromatic heterocycles. The lowest BCUT2D eigenvalue weighted by Crippen LogP contribution is -2.01. The van der Waals surface area contributed by atoms with Gasteiger partial charge in [0.15, 0.2) is 9.84 Å². The average Bonchev–Trinajstić information content (AvgIpc) is 2.75. The minimum atomic E-state index is -3.22. The summed E-state index contributed by atoms with van der Waals surface area (Å²) >= 11 is 0. The Balaban J connectivity index is 2.01. The normalized spacial score (nSPS) is 11.7. The van der Waals surface area contributed by atoms with Crippen LogP contribution in [0.3, 0.4) is 0 Å². The fourth-order valence-corrected chi connectivity index (χ4v) is 2.86. The van der Waals surface area contributed by atoms with Gasteiger partial charge in [0.1, 0.15) is 0 Å². The summed E-state index contributed by atoms with van der Waals surface area (Å²) in [5.41, 5.74) is 2.59. The van der Waals surface area contributed by atoms with Gasteiger partial charge in [-0.2, -0.15) is 0 Å². The quantitative estimate of drug-likeness (QED) is 0.808. The van der Waals surface area contributed by atoms with Gasteiger partial charge < -0.3 is 9.88 Å². The summed E-state index contributed by atoms with van der Waals surface area (Å²) in [6.45, 7) is 0. The van der Waals surface area contributed by atoms with E-state index < -0.39 is 9.84 Å². The molecule has 0 aliphatic carbocycles. The highest BCUT2D eigenvalue weighted by molar-refractivity contribution is 7.90. The Hall–Kier alpha value is -2.34. The second-order valence-corrected chi connectivity index (χ2v) is 6.92. The summed E-state index contributed by atoms with van der Waals surface area (Å²) in [7, 11) is -1.30. The first-order chi connectivity index (χ1) is 9.95. The Morgan fingerprint density at radius 1 is 1.10 bits per heavy atom. The SMILES string of the molecule is Cn1c(Nc2cccc(S(C)(=O)=O)c2)nc2ccccc21. The number of benzene rings is 2. The molecule has 0 saturated heterocycles. The molecule has 5 nitrogen and oxygen atoms in total. The highest BCUT2D eigenvalue weighted by Gasteiger charge is 2.10. The zero-order valence-corrected chi connectivity index (χ0v) is 12.6. The number of hydrogen-bond acceptors (Lipinski definition) is 4. The molecule has 0 saturated carbocycles. The number of hydrogen-bond donors (Lipinski definition) is 1. The van der Waals surface area contributed by atoms with E-state index in [9.17, 15) is 8.42 Å². The third kappa shape index (κ3) is 2.62. The molecule has 0 unspecified atom stereocenters. The Kier molecular flexibility index (Phi) is 3.17. The number of fused-ring (bicyclic) bond motifs is 1. The van der Waals surface area contributed by atoms with E-state index in [1.165, 1.54) is 6.26 Å². The first kappa shape index (κ1) is 13.6. The first-order valence-corrected chi connectivity index (χ1v) is 8.33. The van der Waals surface area contributed by atoms with Crippen molar-refractivity contribution < 1.29 is 8.42 Å². The van der Waals surface area contributed by atoms with Gasteiger partial charge in [0, 0.05) is 19.0 Å². The van der Waals surface area contributed by atoms with Crippen LogP contribution in [-0.4, -0.2) is 24.2 Å². The van der Waals surface area contributed by atoms with Gasteiger partial charge in [0.2, 0.25) is 5.95 Å². The standard InChI is InChI=1S/C15H15N3O2S/c1-18-14-9-4-3-8-13(14)17-15(18)16-11-6-5-7-12(10-11)21(2,19)20/h3-10H,1-2H3,(H,16,17). The van der Waals surface area contributed by atoms with Crippen LogP contribution < -0.4 is 5.32 Å². The number of sulfone groups is 1. The predicted molar refractivity (Wildman–Crippen MR) is 83.5 cm³/mol. The summed E-state index contributed by atoms with van der Waals surface area (Å²) in [6.07, 6.45) is 1.20. The number of aromatic nitrogens is 2. The van der Waals surface area contributed by atoms with Crippen LogP contribution in [0.2, 0.25) is 0 Å². The molecule has 6 heteroatoms. The molecule has 108 valence electrons. The van der Waals surface area contributed by atoms with E-state index in [2.05, 4.69) is 10.3 Å². The van der Waals surface area contributed by atoms with E-state index in [1.807, 2.05) is 41.9 Å². The second kappa shape index (κ2) is 4.89. The van der Waals surface area contributed by atoms with Gasteiger partial charge >= 0.3 is 0 Å². The number of imidazole rings is 1. The van der Waals surface area contributed by atoms with Gasteiger partial charge in [-0.3, -0.25) is 0 Å². The molecule has 0 fully saturated rings. The second-order valence-electron chi connectivity index (χ2n) is 4.91. The molecule has 3 aromatic rings. The Morgan fingerprint density at radius 2 is 1.86 bits per heavy atom. The van der Waals surface area contributed by atoms with Crippen LogP contribution in [-0.2, 0) is 16.9 Å². The minimum Gasteiger partial charge on any atom is -0.326 e. The maximum atomic E-state index is 11.6. The van der Waals surface area contributed by atoms with Gasteiger partial charge in [-0.15, -0.1) is 0 Å². The number of nitrogens with one attached hydrogen (secondary N) is 1. The molecule has 0 spiro atoms. The predicted octanol–water partition coefficient (Wildman–Crippen LogP) is 2.72. The van der Waals surface area contributed by atoms with E-state index in [4.69, 9.17) is 0 Å². The van der Waals surface area contributed by atoms with Crippen LogP contribution in [0.5, 0.6) is 0 Å². The van der Waals surface area contributed by atoms with Crippen molar-refractivity contribution in [2.75, 3.05) is 11.6 Å². The molecule has 0 radical (unpaired) electrons. The topological polar surface area (TPSA) is 64.0 Å². The van der Waals surface area contributed by atoms with E-state index in [0.29, 0.717) is 11.6 Å². The van der Waals surface area contributed by atoms with Crippen molar-refractivity contribution in [1.82, 2.24) is 9.55 Å². The smallest absolute Gasteiger partial charge is 0.208 e. The number of para-hydroxylation sites is 2. The van der Waals surface area contributed by atoms with Crippen molar-refractivity contribution in [3.05, 3.63) is 48.5 Å². The molecule has 0 aliphatic rings. The zero-order chi connectivity index (χ0) is 15.0. The number of aryl methyl sites for hydroxylation is 1. The lowest BCUT2D eigenvalue weighted by molar-refractivity contribution is 0.602. The molecular weight excluding hydrogens is 286 g/mol. The molecule has 0 aliphatic heterocycles. The summed E-state index contributed by atoms with van der Waals surface area (Å²) in [6, 6.07) is 14.5. The van der Waals surface area contributed by atoms with Crippen molar-refractivity contribution in [2.24, 2.45) is 7.05 Å². The highest BCUT2D eigenvalue weighted by Crippen LogP contribution is 2.22. The van der Waals surface area contributed by atoms with E-state index in [1.54, 1.807) is 18.2 Å². The maximum absolute atomic E-state index is 11.6. The van der Waals surface area contributed by atoms with Gasteiger partial charge in [0.05, 0.1) is 15.9 Å². The molecule has 1 N–H and O–H groups in total. The fourth-order valence-electron chi connectivity index (χ4n) is 2.19. The van der Waals surface area contributed by atoms with Crippen LogP contribution in [0.15, 0.2) is 53.4 Å². The molecule has 21 heavy (non-hydrogen) atoms. The summed E-state index contributed by atoms with van der Waals surface area (Å²) in [5, 5.41) is 3.16. The molecule has 0 bridgehead atoms. The van der Waals surface area contributed by atoms with Gasteiger partial charge in [-0.25, -0.2) is 13.4 Å². The largest absolute Gasteiger partial charge is 0.326 e. The number of anilines is 2. The molecule has 2 aromatic carbocycles. The Bertz CT molecular complexity index is 914. The Morgan fingerprint density at radius 3 is 2.57 bits per heavy atom. The van der Waals surface area contributed by atoms with Crippen LogP contribution in [0.25, 0.3) is 11.0 Å². The third-order valence-corrected chi connectivity index (χ3v) is 4.42. The molecule has 0 atom stereocenters. The fraction of sp³-hybridized carbons (Fsp3) is 0.133. The monoisotopic (exact) mass is 301 g/mol. The van der Waals surface area contributed by atoms with Gasteiger partial charge in [-0.05, 0) is 30.3 Å². The van der Waals surface area contributed by atoms with Crippen LogP contribution in [0.1, 0.15) is 0 Å². The summed E-state index contributed by atoms with van der Waals surface area (Å²) in [5.74, 6) is 0.668. The average molecular weight is 301 g/mol. The van der Waals surface area contributed by atoms with Crippen molar-refractivity contribution in [1.29, 1.82) is 0 Å². The highest BCUT2D eigenvalue weighted by atomic mass is 32.2. The molecular formula is C15H15N3O2S. The van der Waals surface area contributed by atoms with Gasteiger partial charge in [0.25, 0.3) is 0 Å². The van der Waals surface area contributed by atoms with E-state index in [0.717, 1.165) is 11.0 Å². The zero-order valence-electron chi connectivity index (χ0n) is 11.7. The lowest BCUT2D eigenvalue weighted by Gasteiger charge is -2.07. The van der Waals surface area contributed by atoms with Crippen molar-refractivity contribution in [2.45, 2.75) is 4.90 Å². The Labute approximate surface area is 123 Å². The maximum Gasteiger partial charge on any atom is 0.208 e.